The van der Waals surface area contributed by atoms with Gasteiger partial charge in [-0.25, -0.2) is 4.98 Å². The lowest BCUT2D eigenvalue weighted by Gasteiger charge is -2.19. The van der Waals surface area contributed by atoms with Crippen molar-refractivity contribution < 1.29 is 9.59 Å². The standard InChI is InChI=1S/C21H23ClN4O2/c1-13(2)11-18(20-25-16-9-5-6-10-17(16)26-20)24-19(27)12-23-21(28)14-7-3-4-8-15(14)22/h3-10,13,18H,11-12H2,1-2H3,(H,23,28)(H,24,27)(H,25,26). The molecule has 1 aromatic heterocycles. The van der Waals surface area contributed by atoms with Crippen molar-refractivity contribution in [1.82, 2.24) is 20.6 Å². The number of carbonyl (C=O) groups excluding carboxylic acids is 2. The highest BCUT2D eigenvalue weighted by atomic mass is 35.5. The van der Waals surface area contributed by atoms with Crippen LogP contribution in [0, 0.1) is 5.92 Å². The molecule has 0 radical (unpaired) electrons. The lowest BCUT2D eigenvalue weighted by Crippen LogP contribution is -2.39. The van der Waals surface area contributed by atoms with Crippen molar-refractivity contribution in [3.05, 3.63) is 64.9 Å². The summed E-state index contributed by atoms with van der Waals surface area (Å²) in [4.78, 5) is 32.5. The van der Waals surface area contributed by atoms with Gasteiger partial charge in [0.1, 0.15) is 5.82 Å². The molecule has 1 heterocycles. The summed E-state index contributed by atoms with van der Waals surface area (Å²) in [6.07, 6.45) is 0.726. The summed E-state index contributed by atoms with van der Waals surface area (Å²) >= 11 is 6.02. The maximum Gasteiger partial charge on any atom is 0.253 e. The molecule has 0 spiro atoms. The lowest BCUT2D eigenvalue weighted by molar-refractivity contribution is -0.121. The SMILES string of the molecule is CC(C)CC(NC(=O)CNC(=O)c1ccccc1Cl)c1nc2ccccc2[nH]1. The van der Waals surface area contributed by atoms with Crippen LogP contribution in [0.25, 0.3) is 11.0 Å². The number of aromatic amines is 1. The van der Waals surface area contributed by atoms with Gasteiger partial charge in [0.25, 0.3) is 5.91 Å². The number of nitrogens with one attached hydrogen (secondary N) is 3. The van der Waals surface area contributed by atoms with Crippen LogP contribution in [0.5, 0.6) is 0 Å². The molecule has 3 aromatic rings. The average Bonchev–Trinajstić information content (AvgIpc) is 3.10. The van der Waals surface area contributed by atoms with E-state index in [9.17, 15) is 9.59 Å². The number of para-hydroxylation sites is 2. The molecule has 0 saturated heterocycles. The van der Waals surface area contributed by atoms with Gasteiger partial charge in [0.2, 0.25) is 5.91 Å². The monoisotopic (exact) mass is 398 g/mol. The number of nitrogens with zero attached hydrogens (tertiary/aromatic N) is 1. The van der Waals surface area contributed by atoms with Gasteiger partial charge in [-0.15, -0.1) is 0 Å². The van der Waals surface area contributed by atoms with E-state index in [1.54, 1.807) is 24.3 Å². The van der Waals surface area contributed by atoms with E-state index in [4.69, 9.17) is 11.6 Å². The highest BCUT2D eigenvalue weighted by Crippen LogP contribution is 2.22. The van der Waals surface area contributed by atoms with Crippen molar-refractivity contribution in [2.24, 2.45) is 5.92 Å². The molecule has 7 heteroatoms. The van der Waals surface area contributed by atoms with Gasteiger partial charge in [0.05, 0.1) is 34.2 Å². The molecule has 0 bridgehead atoms. The third kappa shape index (κ3) is 4.89. The van der Waals surface area contributed by atoms with E-state index in [0.29, 0.717) is 22.3 Å². The van der Waals surface area contributed by atoms with Crippen LogP contribution in [0.4, 0.5) is 0 Å². The molecule has 0 aliphatic carbocycles. The van der Waals surface area contributed by atoms with Crippen LogP contribution in [0.15, 0.2) is 48.5 Å². The van der Waals surface area contributed by atoms with E-state index in [2.05, 4.69) is 34.4 Å². The Kier molecular flexibility index (Phi) is 6.31. The van der Waals surface area contributed by atoms with Crippen LogP contribution in [0.1, 0.15) is 42.5 Å². The summed E-state index contributed by atoms with van der Waals surface area (Å²) in [5.41, 5.74) is 2.12. The number of halogens is 1. The summed E-state index contributed by atoms with van der Waals surface area (Å²) in [5, 5.41) is 5.92. The minimum absolute atomic E-state index is 0.140. The maximum absolute atomic E-state index is 12.4. The normalized spacial score (nSPS) is 12.1. The molecule has 3 N–H and O–H groups in total. The minimum Gasteiger partial charge on any atom is -0.345 e. The Morgan fingerprint density at radius 2 is 1.82 bits per heavy atom. The molecular weight excluding hydrogens is 376 g/mol. The summed E-state index contributed by atoms with van der Waals surface area (Å²) in [6.45, 7) is 4.03. The number of imidazole rings is 1. The Morgan fingerprint density at radius 3 is 2.54 bits per heavy atom. The van der Waals surface area contributed by atoms with Gasteiger partial charge in [0.15, 0.2) is 0 Å². The van der Waals surface area contributed by atoms with Gasteiger partial charge >= 0.3 is 0 Å². The maximum atomic E-state index is 12.4. The summed E-state index contributed by atoms with van der Waals surface area (Å²) in [6, 6.07) is 14.2. The Balaban J connectivity index is 1.66. The third-order valence-electron chi connectivity index (χ3n) is 4.31. The molecule has 6 nitrogen and oxygen atoms in total. The van der Waals surface area contributed by atoms with Crippen molar-refractivity contribution >= 4 is 34.4 Å². The van der Waals surface area contributed by atoms with E-state index >= 15 is 0 Å². The van der Waals surface area contributed by atoms with E-state index in [-0.39, 0.29) is 24.4 Å². The van der Waals surface area contributed by atoms with Gasteiger partial charge in [-0.3, -0.25) is 9.59 Å². The number of amides is 2. The molecule has 0 aliphatic rings. The molecule has 0 saturated carbocycles. The average molecular weight is 399 g/mol. The number of carbonyl (C=O) groups is 2. The number of aromatic nitrogens is 2. The highest BCUT2D eigenvalue weighted by Gasteiger charge is 2.20. The molecule has 146 valence electrons. The van der Waals surface area contributed by atoms with Gasteiger partial charge in [-0.1, -0.05) is 49.7 Å². The van der Waals surface area contributed by atoms with E-state index in [1.807, 2.05) is 24.3 Å². The van der Waals surface area contributed by atoms with Gasteiger partial charge < -0.3 is 15.6 Å². The topological polar surface area (TPSA) is 86.9 Å². The largest absolute Gasteiger partial charge is 0.345 e. The van der Waals surface area contributed by atoms with E-state index in [1.165, 1.54) is 0 Å². The molecule has 2 aromatic carbocycles. The number of hydrogen-bond acceptors (Lipinski definition) is 3. The Morgan fingerprint density at radius 1 is 1.11 bits per heavy atom. The first kappa shape index (κ1) is 19.9. The summed E-state index contributed by atoms with van der Waals surface area (Å²) in [7, 11) is 0. The predicted octanol–water partition coefficient (Wildman–Crippen LogP) is 3.85. The van der Waals surface area contributed by atoms with Crippen LogP contribution in [-0.4, -0.2) is 28.3 Å². The zero-order valence-corrected chi connectivity index (χ0v) is 16.6. The van der Waals surface area contributed by atoms with Gasteiger partial charge in [0, 0.05) is 0 Å². The molecule has 1 atom stereocenters. The molecule has 0 fully saturated rings. The fraction of sp³-hybridized carbons (Fsp3) is 0.286. The highest BCUT2D eigenvalue weighted by molar-refractivity contribution is 6.33. The lowest BCUT2D eigenvalue weighted by atomic mass is 10.0. The molecule has 2 amide bonds. The van der Waals surface area contributed by atoms with E-state index in [0.717, 1.165) is 17.5 Å². The fourth-order valence-electron chi connectivity index (χ4n) is 2.99. The minimum atomic E-state index is -0.384. The zero-order chi connectivity index (χ0) is 20.1. The van der Waals surface area contributed by atoms with Gasteiger partial charge in [-0.05, 0) is 36.6 Å². The number of fused-ring (bicyclic) bond motifs is 1. The Hall–Kier alpha value is -2.86. The van der Waals surface area contributed by atoms with Crippen LogP contribution in [0.2, 0.25) is 5.02 Å². The van der Waals surface area contributed by atoms with Crippen molar-refractivity contribution in [3.8, 4) is 0 Å². The fourth-order valence-corrected chi connectivity index (χ4v) is 3.22. The number of H-pyrrole nitrogens is 1. The number of rotatable bonds is 7. The number of benzene rings is 2. The summed E-state index contributed by atoms with van der Waals surface area (Å²) < 4.78 is 0. The Labute approximate surface area is 168 Å². The first-order valence-corrected chi connectivity index (χ1v) is 9.58. The van der Waals surface area contributed by atoms with Crippen molar-refractivity contribution in [2.45, 2.75) is 26.3 Å². The predicted molar refractivity (Wildman–Crippen MR) is 110 cm³/mol. The van der Waals surface area contributed by atoms with Crippen molar-refractivity contribution in [2.75, 3.05) is 6.54 Å². The molecule has 0 aliphatic heterocycles. The van der Waals surface area contributed by atoms with Crippen LogP contribution in [-0.2, 0) is 4.79 Å². The van der Waals surface area contributed by atoms with Gasteiger partial charge in [-0.2, -0.15) is 0 Å². The zero-order valence-electron chi connectivity index (χ0n) is 15.8. The molecule has 1 unspecified atom stereocenters. The van der Waals surface area contributed by atoms with Crippen LogP contribution < -0.4 is 10.6 Å². The second kappa shape index (κ2) is 8.89. The third-order valence-corrected chi connectivity index (χ3v) is 4.64. The second-order valence-corrected chi connectivity index (χ2v) is 7.46. The molecule has 3 rings (SSSR count). The van der Waals surface area contributed by atoms with Crippen LogP contribution in [0.3, 0.4) is 0 Å². The first-order valence-electron chi connectivity index (χ1n) is 9.20. The number of hydrogen-bond donors (Lipinski definition) is 3. The van der Waals surface area contributed by atoms with Crippen molar-refractivity contribution in [3.63, 3.8) is 0 Å². The van der Waals surface area contributed by atoms with Crippen LogP contribution >= 0.6 is 11.6 Å². The first-order chi connectivity index (χ1) is 13.4. The molecule has 28 heavy (non-hydrogen) atoms. The van der Waals surface area contributed by atoms with E-state index < -0.39 is 0 Å². The van der Waals surface area contributed by atoms with Crippen molar-refractivity contribution in [1.29, 1.82) is 0 Å². The molecular formula is C21H23ClN4O2. The second-order valence-electron chi connectivity index (χ2n) is 7.05. The quantitative estimate of drug-likeness (QED) is 0.565. The summed E-state index contributed by atoms with van der Waals surface area (Å²) in [5.74, 6) is 0.397. The Bertz CT molecular complexity index is 950. The smallest absolute Gasteiger partial charge is 0.253 e.